The van der Waals surface area contributed by atoms with E-state index in [4.69, 9.17) is 4.74 Å². The van der Waals surface area contributed by atoms with Gasteiger partial charge in [0.1, 0.15) is 6.04 Å². The summed E-state index contributed by atoms with van der Waals surface area (Å²) in [6.07, 6.45) is 2.70. The van der Waals surface area contributed by atoms with Crippen molar-refractivity contribution < 1.29 is 9.53 Å². The Labute approximate surface area is 105 Å². The van der Waals surface area contributed by atoms with Crippen LogP contribution >= 0.6 is 0 Å². The number of carbonyl (C=O) groups is 1. The number of nitrogens with zero attached hydrogens (tertiary/aromatic N) is 1. The average molecular weight is 242 g/mol. The highest BCUT2D eigenvalue weighted by Crippen LogP contribution is 2.29. The van der Waals surface area contributed by atoms with Crippen LogP contribution in [0.2, 0.25) is 0 Å². The number of nitrogens with one attached hydrogen (secondary N) is 1. The summed E-state index contributed by atoms with van der Waals surface area (Å²) in [4.78, 5) is 14.1. The summed E-state index contributed by atoms with van der Waals surface area (Å²) in [6, 6.07) is -0.182. The number of carbonyl (C=O) groups excluding carboxylic acids is 1. The Kier molecular flexibility index (Phi) is 6.52. The molecule has 0 spiro atoms. The monoisotopic (exact) mass is 242 g/mol. The van der Waals surface area contributed by atoms with Crippen LogP contribution in [0, 0.1) is 5.92 Å². The molecule has 1 rings (SSSR count). The van der Waals surface area contributed by atoms with Crippen LogP contribution in [-0.4, -0.2) is 49.7 Å². The molecular weight excluding hydrogens is 216 g/mol. The van der Waals surface area contributed by atoms with Crippen molar-refractivity contribution in [3.05, 3.63) is 0 Å². The fraction of sp³-hybridized carbons (Fsp3) is 0.923. The minimum absolute atomic E-state index is 0.122. The Bertz CT molecular complexity index is 229. The molecule has 4 heteroatoms. The average Bonchev–Trinajstić information content (AvgIpc) is 3.11. The summed E-state index contributed by atoms with van der Waals surface area (Å²) >= 11 is 0. The molecule has 0 bridgehead atoms. The van der Waals surface area contributed by atoms with Gasteiger partial charge in [0.15, 0.2) is 0 Å². The second-order valence-electron chi connectivity index (χ2n) is 4.66. The molecule has 0 heterocycles. The van der Waals surface area contributed by atoms with Crippen molar-refractivity contribution in [1.29, 1.82) is 0 Å². The lowest BCUT2D eigenvalue weighted by Crippen LogP contribution is -2.47. The first kappa shape index (κ1) is 14.5. The summed E-state index contributed by atoms with van der Waals surface area (Å²) < 4.78 is 5.09. The van der Waals surface area contributed by atoms with E-state index in [1.165, 1.54) is 12.8 Å². The summed E-state index contributed by atoms with van der Waals surface area (Å²) in [7, 11) is 0. The van der Waals surface area contributed by atoms with E-state index >= 15 is 0 Å². The van der Waals surface area contributed by atoms with Gasteiger partial charge in [0.25, 0.3) is 0 Å². The lowest BCUT2D eigenvalue weighted by atomic mass is 10.2. The first-order valence-corrected chi connectivity index (χ1v) is 6.83. The van der Waals surface area contributed by atoms with Gasteiger partial charge in [-0.25, -0.2) is 0 Å². The predicted octanol–water partition coefficient (Wildman–Crippen LogP) is 1.26. The van der Waals surface area contributed by atoms with E-state index in [9.17, 15) is 4.79 Å². The van der Waals surface area contributed by atoms with Crippen LogP contribution in [0.1, 0.15) is 33.6 Å². The number of rotatable bonds is 9. The molecule has 1 atom stereocenters. The van der Waals surface area contributed by atoms with Crippen molar-refractivity contribution in [1.82, 2.24) is 10.2 Å². The van der Waals surface area contributed by atoms with Crippen molar-refractivity contribution in [2.75, 3.05) is 32.8 Å². The maximum absolute atomic E-state index is 11.8. The minimum Gasteiger partial charge on any atom is -0.465 e. The number of esters is 1. The first-order chi connectivity index (χ1) is 8.21. The summed E-state index contributed by atoms with van der Waals surface area (Å²) in [5, 5.41) is 3.21. The highest BCUT2D eigenvalue weighted by Gasteiger charge is 2.27. The third-order valence-corrected chi connectivity index (χ3v) is 3.12. The Morgan fingerprint density at radius 3 is 2.59 bits per heavy atom. The molecule has 1 aliphatic carbocycles. The maximum atomic E-state index is 11.8. The third-order valence-electron chi connectivity index (χ3n) is 3.12. The zero-order valence-corrected chi connectivity index (χ0v) is 11.4. The van der Waals surface area contributed by atoms with Gasteiger partial charge in [-0.15, -0.1) is 0 Å². The van der Waals surface area contributed by atoms with Gasteiger partial charge in [0.2, 0.25) is 0 Å². The fourth-order valence-corrected chi connectivity index (χ4v) is 1.97. The predicted molar refractivity (Wildman–Crippen MR) is 68.9 cm³/mol. The Balaban J connectivity index is 2.40. The summed E-state index contributed by atoms with van der Waals surface area (Å²) in [6.45, 7) is 10.2. The van der Waals surface area contributed by atoms with Crippen LogP contribution in [0.4, 0.5) is 0 Å². The van der Waals surface area contributed by atoms with E-state index in [1.807, 2.05) is 13.8 Å². The minimum atomic E-state index is -0.182. The molecule has 0 aromatic rings. The molecule has 17 heavy (non-hydrogen) atoms. The van der Waals surface area contributed by atoms with E-state index in [2.05, 4.69) is 17.1 Å². The van der Waals surface area contributed by atoms with Gasteiger partial charge >= 0.3 is 5.97 Å². The van der Waals surface area contributed by atoms with Crippen LogP contribution in [-0.2, 0) is 9.53 Å². The molecule has 1 fully saturated rings. The highest BCUT2D eigenvalue weighted by atomic mass is 16.5. The molecule has 0 amide bonds. The maximum Gasteiger partial charge on any atom is 0.324 e. The molecule has 1 saturated carbocycles. The van der Waals surface area contributed by atoms with Crippen LogP contribution < -0.4 is 5.32 Å². The van der Waals surface area contributed by atoms with E-state index in [0.717, 1.165) is 32.1 Å². The second-order valence-corrected chi connectivity index (χ2v) is 4.66. The van der Waals surface area contributed by atoms with Crippen LogP contribution in [0.15, 0.2) is 0 Å². The number of hydrogen-bond donors (Lipinski definition) is 1. The molecule has 0 saturated heterocycles. The van der Waals surface area contributed by atoms with Gasteiger partial charge in [-0.2, -0.15) is 0 Å². The summed E-state index contributed by atoms with van der Waals surface area (Å²) in [5.41, 5.74) is 0. The molecule has 100 valence electrons. The zero-order valence-electron chi connectivity index (χ0n) is 11.4. The SMILES string of the molecule is CCNC(CN(CC)CC1CC1)C(=O)OCC. The third kappa shape index (κ3) is 5.50. The molecular formula is C13H26N2O2. The molecule has 0 aromatic heterocycles. The van der Waals surface area contributed by atoms with Crippen LogP contribution in [0.5, 0.6) is 0 Å². The van der Waals surface area contributed by atoms with E-state index < -0.39 is 0 Å². The van der Waals surface area contributed by atoms with Crippen molar-refractivity contribution in [3.8, 4) is 0 Å². The lowest BCUT2D eigenvalue weighted by molar-refractivity contribution is -0.146. The number of hydrogen-bond acceptors (Lipinski definition) is 4. The van der Waals surface area contributed by atoms with Gasteiger partial charge < -0.3 is 15.0 Å². The molecule has 4 nitrogen and oxygen atoms in total. The van der Waals surface area contributed by atoms with Gasteiger partial charge in [0.05, 0.1) is 6.61 Å². The lowest BCUT2D eigenvalue weighted by Gasteiger charge is -2.25. The summed E-state index contributed by atoms with van der Waals surface area (Å²) in [5.74, 6) is 0.739. The van der Waals surface area contributed by atoms with Crippen molar-refractivity contribution in [3.63, 3.8) is 0 Å². The molecule has 0 aromatic carbocycles. The molecule has 0 radical (unpaired) electrons. The quantitative estimate of drug-likeness (QED) is 0.618. The van der Waals surface area contributed by atoms with Crippen LogP contribution in [0.25, 0.3) is 0 Å². The van der Waals surface area contributed by atoms with Crippen molar-refractivity contribution >= 4 is 5.97 Å². The van der Waals surface area contributed by atoms with Gasteiger partial charge in [0, 0.05) is 13.1 Å². The van der Waals surface area contributed by atoms with Crippen molar-refractivity contribution in [2.45, 2.75) is 39.7 Å². The molecule has 1 unspecified atom stereocenters. The Morgan fingerprint density at radius 2 is 2.12 bits per heavy atom. The normalized spacial score (nSPS) is 17.2. The number of ether oxygens (including phenoxy) is 1. The van der Waals surface area contributed by atoms with E-state index in [-0.39, 0.29) is 12.0 Å². The van der Waals surface area contributed by atoms with Gasteiger partial charge in [-0.1, -0.05) is 13.8 Å². The van der Waals surface area contributed by atoms with Crippen LogP contribution in [0.3, 0.4) is 0 Å². The van der Waals surface area contributed by atoms with Crippen molar-refractivity contribution in [2.24, 2.45) is 5.92 Å². The molecule has 1 aliphatic rings. The van der Waals surface area contributed by atoms with Gasteiger partial charge in [-0.05, 0) is 38.8 Å². The fourth-order valence-electron chi connectivity index (χ4n) is 1.97. The molecule has 0 aliphatic heterocycles. The topological polar surface area (TPSA) is 41.6 Å². The van der Waals surface area contributed by atoms with E-state index in [0.29, 0.717) is 6.61 Å². The van der Waals surface area contributed by atoms with Gasteiger partial charge in [-0.3, -0.25) is 4.79 Å². The Morgan fingerprint density at radius 1 is 1.41 bits per heavy atom. The second kappa shape index (κ2) is 7.67. The molecule has 1 N–H and O–H groups in total. The van der Waals surface area contributed by atoms with E-state index in [1.54, 1.807) is 0 Å². The standard InChI is InChI=1S/C13H26N2O2/c1-4-14-12(13(16)17-6-3)10-15(5-2)9-11-7-8-11/h11-12,14H,4-10H2,1-3H3. The zero-order chi connectivity index (χ0) is 12.7. The Hall–Kier alpha value is -0.610. The number of likely N-dealkylation sites (N-methyl/N-ethyl adjacent to an activating group) is 2. The smallest absolute Gasteiger partial charge is 0.324 e. The highest BCUT2D eigenvalue weighted by molar-refractivity contribution is 5.76. The first-order valence-electron chi connectivity index (χ1n) is 6.83. The largest absolute Gasteiger partial charge is 0.465 e.